The lowest BCUT2D eigenvalue weighted by Gasteiger charge is -2.32. The van der Waals surface area contributed by atoms with Crippen molar-refractivity contribution in [2.24, 2.45) is 0 Å². The van der Waals surface area contributed by atoms with Crippen LogP contribution < -0.4 is 9.04 Å². The van der Waals surface area contributed by atoms with Gasteiger partial charge in [0.1, 0.15) is 12.4 Å². The van der Waals surface area contributed by atoms with Gasteiger partial charge in [0.15, 0.2) is 5.25 Å². The van der Waals surface area contributed by atoms with Gasteiger partial charge in [-0.3, -0.25) is 9.10 Å². The van der Waals surface area contributed by atoms with Crippen molar-refractivity contribution in [1.82, 2.24) is 4.90 Å². The number of carbonyl (C=O) groups is 1. The molecular weight excluding hydrogens is 292 g/mol. The van der Waals surface area contributed by atoms with Gasteiger partial charge in [0, 0.05) is 14.1 Å². The summed E-state index contributed by atoms with van der Waals surface area (Å²) in [6, 6.07) is 5.35. The molecule has 1 aliphatic rings. The highest BCUT2D eigenvalue weighted by Gasteiger charge is 2.37. The number of fused-ring (bicyclic) bond motifs is 1. The first kappa shape index (κ1) is 15.6. The number of ether oxygens (including phenoxy) is 1. The van der Waals surface area contributed by atoms with Gasteiger partial charge in [-0.2, -0.15) is 0 Å². The monoisotopic (exact) mass is 312 g/mol. The Balaban J connectivity index is 2.41. The van der Waals surface area contributed by atoms with Crippen LogP contribution in [0.1, 0.15) is 12.5 Å². The van der Waals surface area contributed by atoms with E-state index in [4.69, 9.17) is 4.74 Å². The van der Waals surface area contributed by atoms with Crippen LogP contribution in [0, 0.1) is 6.92 Å². The Bertz CT molecular complexity index is 655. The highest BCUT2D eigenvalue weighted by Crippen LogP contribution is 2.35. The maximum atomic E-state index is 12.7. The zero-order valence-corrected chi connectivity index (χ0v) is 13.5. The molecule has 0 N–H and O–H groups in total. The minimum absolute atomic E-state index is 0.212. The maximum Gasteiger partial charge on any atom is 0.247 e. The van der Waals surface area contributed by atoms with E-state index >= 15 is 0 Å². The number of rotatable bonds is 3. The van der Waals surface area contributed by atoms with Crippen molar-refractivity contribution < 1.29 is 17.9 Å². The van der Waals surface area contributed by atoms with Crippen molar-refractivity contribution in [3.8, 4) is 5.75 Å². The summed E-state index contributed by atoms with van der Waals surface area (Å²) in [6.45, 7) is 3.82. The highest BCUT2D eigenvalue weighted by molar-refractivity contribution is 7.94. The Morgan fingerprint density at radius 3 is 2.67 bits per heavy atom. The van der Waals surface area contributed by atoms with Crippen molar-refractivity contribution in [2.45, 2.75) is 19.1 Å². The molecular formula is C14H20N2O4S. The van der Waals surface area contributed by atoms with Crippen molar-refractivity contribution in [2.75, 3.05) is 31.6 Å². The first-order chi connectivity index (χ1) is 9.75. The summed E-state index contributed by atoms with van der Waals surface area (Å²) in [6.07, 6.45) is 0. The lowest BCUT2D eigenvalue weighted by Crippen LogP contribution is -2.47. The number of hydrogen-bond acceptors (Lipinski definition) is 4. The third-order valence-electron chi connectivity index (χ3n) is 3.48. The predicted molar refractivity (Wildman–Crippen MR) is 81.1 cm³/mol. The fourth-order valence-electron chi connectivity index (χ4n) is 2.25. The van der Waals surface area contributed by atoms with Crippen LogP contribution in [0.15, 0.2) is 18.2 Å². The van der Waals surface area contributed by atoms with Gasteiger partial charge in [0.2, 0.25) is 15.9 Å². The van der Waals surface area contributed by atoms with Gasteiger partial charge < -0.3 is 9.64 Å². The van der Waals surface area contributed by atoms with E-state index in [0.29, 0.717) is 11.4 Å². The van der Waals surface area contributed by atoms with Crippen molar-refractivity contribution >= 4 is 21.6 Å². The van der Waals surface area contributed by atoms with Gasteiger partial charge in [-0.1, -0.05) is 6.07 Å². The SMILES string of the molecule is Cc1ccc2c(c1)OCCN2S(=O)(=O)C(C)C(=O)N(C)C. The van der Waals surface area contributed by atoms with Gasteiger partial charge in [0.25, 0.3) is 0 Å². The van der Waals surface area contributed by atoms with E-state index in [0.717, 1.165) is 5.56 Å². The fraction of sp³-hybridized carbons (Fsp3) is 0.500. The van der Waals surface area contributed by atoms with Crippen LogP contribution in [-0.4, -0.2) is 51.7 Å². The van der Waals surface area contributed by atoms with Crippen LogP contribution in [0.25, 0.3) is 0 Å². The molecule has 2 rings (SSSR count). The lowest BCUT2D eigenvalue weighted by atomic mass is 10.2. The number of hydrogen-bond donors (Lipinski definition) is 0. The molecule has 0 aliphatic carbocycles. The Kier molecular flexibility index (Phi) is 4.13. The molecule has 1 aliphatic heterocycles. The molecule has 1 aromatic rings. The second-order valence-corrected chi connectivity index (χ2v) is 7.49. The molecule has 21 heavy (non-hydrogen) atoms. The first-order valence-electron chi connectivity index (χ1n) is 6.71. The molecule has 6 nitrogen and oxygen atoms in total. The summed E-state index contributed by atoms with van der Waals surface area (Å²) < 4.78 is 32.2. The van der Waals surface area contributed by atoms with E-state index in [9.17, 15) is 13.2 Å². The fourth-order valence-corrected chi connectivity index (χ4v) is 3.85. The average molecular weight is 312 g/mol. The Hall–Kier alpha value is -1.76. The Morgan fingerprint density at radius 2 is 2.05 bits per heavy atom. The molecule has 1 aromatic carbocycles. The number of sulfonamides is 1. The zero-order chi connectivity index (χ0) is 15.8. The summed E-state index contributed by atoms with van der Waals surface area (Å²) in [7, 11) is -0.677. The van der Waals surface area contributed by atoms with E-state index in [1.165, 1.54) is 16.1 Å². The minimum atomic E-state index is -3.77. The minimum Gasteiger partial charge on any atom is -0.489 e. The van der Waals surface area contributed by atoms with Gasteiger partial charge >= 0.3 is 0 Å². The van der Waals surface area contributed by atoms with Crippen molar-refractivity contribution in [3.05, 3.63) is 23.8 Å². The number of benzene rings is 1. The molecule has 0 saturated carbocycles. The number of nitrogens with zero attached hydrogens (tertiary/aromatic N) is 2. The van der Waals surface area contributed by atoms with Crippen LogP contribution in [0.5, 0.6) is 5.75 Å². The highest BCUT2D eigenvalue weighted by atomic mass is 32.2. The summed E-state index contributed by atoms with van der Waals surface area (Å²) in [5.74, 6) is 0.101. The van der Waals surface area contributed by atoms with E-state index in [-0.39, 0.29) is 13.2 Å². The smallest absolute Gasteiger partial charge is 0.247 e. The van der Waals surface area contributed by atoms with E-state index in [2.05, 4.69) is 0 Å². The van der Waals surface area contributed by atoms with Gasteiger partial charge in [-0.15, -0.1) is 0 Å². The summed E-state index contributed by atoms with van der Waals surface area (Å²) in [4.78, 5) is 13.3. The largest absolute Gasteiger partial charge is 0.489 e. The molecule has 116 valence electrons. The summed E-state index contributed by atoms with van der Waals surface area (Å²) in [5, 5.41) is -1.13. The molecule has 0 spiro atoms. The molecule has 1 amide bonds. The molecule has 0 bridgehead atoms. The lowest BCUT2D eigenvalue weighted by molar-refractivity contribution is -0.127. The summed E-state index contributed by atoms with van der Waals surface area (Å²) >= 11 is 0. The van der Waals surface area contributed by atoms with Gasteiger partial charge in [0.05, 0.1) is 12.2 Å². The van der Waals surface area contributed by atoms with E-state index in [1.807, 2.05) is 13.0 Å². The Labute approximate surface area is 125 Å². The predicted octanol–water partition coefficient (Wildman–Crippen LogP) is 1.00. The third kappa shape index (κ3) is 2.83. The number of aryl methyl sites for hydroxylation is 1. The maximum absolute atomic E-state index is 12.7. The third-order valence-corrected chi connectivity index (χ3v) is 5.57. The number of amides is 1. The van der Waals surface area contributed by atoms with Crippen LogP contribution in [0.3, 0.4) is 0 Å². The first-order valence-corrected chi connectivity index (χ1v) is 8.21. The summed E-state index contributed by atoms with van der Waals surface area (Å²) in [5.41, 5.74) is 1.48. The second-order valence-electron chi connectivity index (χ2n) is 5.31. The van der Waals surface area contributed by atoms with E-state index < -0.39 is 21.2 Å². The molecule has 1 atom stereocenters. The van der Waals surface area contributed by atoms with Crippen LogP contribution >= 0.6 is 0 Å². The van der Waals surface area contributed by atoms with Crippen LogP contribution in [0.4, 0.5) is 5.69 Å². The second kappa shape index (κ2) is 5.55. The molecule has 7 heteroatoms. The quantitative estimate of drug-likeness (QED) is 0.835. The molecule has 0 fully saturated rings. The molecule has 1 unspecified atom stereocenters. The van der Waals surface area contributed by atoms with Gasteiger partial charge in [-0.25, -0.2) is 8.42 Å². The van der Waals surface area contributed by atoms with Crippen molar-refractivity contribution in [1.29, 1.82) is 0 Å². The molecule has 0 saturated heterocycles. The van der Waals surface area contributed by atoms with Crippen LogP contribution in [-0.2, 0) is 14.8 Å². The number of carbonyl (C=O) groups excluding carboxylic acids is 1. The normalized spacial score (nSPS) is 15.9. The molecule has 1 heterocycles. The zero-order valence-electron chi connectivity index (χ0n) is 12.7. The topological polar surface area (TPSA) is 66.9 Å². The van der Waals surface area contributed by atoms with Gasteiger partial charge in [-0.05, 0) is 31.5 Å². The van der Waals surface area contributed by atoms with Crippen LogP contribution in [0.2, 0.25) is 0 Å². The number of anilines is 1. The molecule has 0 aromatic heterocycles. The standard InChI is InChI=1S/C14H20N2O4S/c1-10-5-6-12-13(9-10)20-8-7-16(12)21(18,19)11(2)14(17)15(3)4/h5-6,9,11H,7-8H2,1-4H3. The average Bonchev–Trinajstić information content (AvgIpc) is 2.44. The van der Waals surface area contributed by atoms with E-state index in [1.54, 1.807) is 26.2 Å². The Morgan fingerprint density at radius 1 is 1.38 bits per heavy atom. The molecule has 0 radical (unpaired) electrons. The van der Waals surface area contributed by atoms with Crippen molar-refractivity contribution in [3.63, 3.8) is 0 Å².